The van der Waals surface area contributed by atoms with Gasteiger partial charge in [0.15, 0.2) is 5.60 Å². The summed E-state index contributed by atoms with van der Waals surface area (Å²) < 4.78 is 0. The first-order valence-electron chi connectivity index (χ1n) is 7.65. The summed E-state index contributed by atoms with van der Waals surface area (Å²) in [6, 6.07) is 0. The fourth-order valence-electron chi connectivity index (χ4n) is 2.95. The Kier molecular flexibility index (Phi) is 4.99. The van der Waals surface area contributed by atoms with Crippen LogP contribution in [0.2, 0.25) is 0 Å². The molecule has 0 heterocycles. The van der Waals surface area contributed by atoms with Gasteiger partial charge in [-0.2, -0.15) is 0 Å². The first-order valence-corrected chi connectivity index (χ1v) is 7.65. The number of carboxylic acid groups (broad SMARTS) is 1. The highest BCUT2D eigenvalue weighted by atomic mass is 16.4. The first-order chi connectivity index (χ1) is 9.79. The van der Waals surface area contributed by atoms with Gasteiger partial charge in [-0.1, -0.05) is 52.5 Å². The summed E-state index contributed by atoms with van der Waals surface area (Å²) in [7, 11) is 0. The summed E-state index contributed by atoms with van der Waals surface area (Å²) in [5.41, 5.74) is -0.225. The highest BCUT2D eigenvalue weighted by molar-refractivity contribution is 5.81. The fraction of sp³-hybridized carbons (Fsp3) is 0.632. The van der Waals surface area contributed by atoms with Crippen LogP contribution in [0.1, 0.15) is 54.9 Å². The van der Waals surface area contributed by atoms with E-state index >= 15 is 0 Å². The number of aliphatic hydroxyl groups is 1. The summed E-state index contributed by atoms with van der Waals surface area (Å²) in [6.07, 6.45) is 4.01. The highest BCUT2D eigenvalue weighted by Crippen LogP contribution is 2.50. The Labute approximate surface area is 134 Å². The van der Waals surface area contributed by atoms with E-state index in [2.05, 4.69) is 38.7 Å². The zero-order valence-corrected chi connectivity index (χ0v) is 14.7. The van der Waals surface area contributed by atoms with Crippen LogP contribution >= 0.6 is 0 Å². The molecule has 0 saturated heterocycles. The van der Waals surface area contributed by atoms with Gasteiger partial charge in [0.05, 0.1) is 0 Å². The van der Waals surface area contributed by atoms with Crippen molar-refractivity contribution >= 4 is 5.97 Å². The summed E-state index contributed by atoms with van der Waals surface area (Å²) in [5.74, 6) is 5.07. The molecule has 0 unspecified atom stereocenters. The van der Waals surface area contributed by atoms with E-state index in [0.717, 1.165) is 18.1 Å². The molecule has 0 amide bonds. The Morgan fingerprint density at radius 3 is 2.36 bits per heavy atom. The van der Waals surface area contributed by atoms with Crippen LogP contribution in [0.5, 0.6) is 0 Å². The predicted octanol–water partition coefficient (Wildman–Crippen LogP) is 3.79. The maximum Gasteiger partial charge on any atom is 0.329 e. The Morgan fingerprint density at radius 1 is 1.41 bits per heavy atom. The molecule has 0 fully saturated rings. The second kappa shape index (κ2) is 5.93. The van der Waals surface area contributed by atoms with Crippen molar-refractivity contribution in [2.24, 2.45) is 16.7 Å². The van der Waals surface area contributed by atoms with Crippen LogP contribution in [0, 0.1) is 28.6 Å². The fourth-order valence-corrected chi connectivity index (χ4v) is 2.95. The Bertz CT molecular complexity index is 576. The Hall–Kier alpha value is -1.53. The van der Waals surface area contributed by atoms with Gasteiger partial charge in [0, 0.05) is 17.1 Å². The summed E-state index contributed by atoms with van der Waals surface area (Å²) in [6.45, 7) is 14.2. The lowest BCUT2D eigenvalue weighted by Crippen LogP contribution is -2.49. The lowest BCUT2D eigenvalue weighted by molar-refractivity contribution is -0.131. The molecule has 1 aliphatic carbocycles. The van der Waals surface area contributed by atoms with E-state index in [1.54, 1.807) is 6.92 Å². The van der Waals surface area contributed by atoms with Gasteiger partial charge in [0.1, 0.15) is 0 Å². The van der Waals surface area contributed by atoms with E-state index in [9.17, 15) is 9.90 Å². The van der Waals surface area contributed by atoms with Crippen LogP contribution in [0.15, 0.2) is 23.3 Å². The molecule has 2 atom stereocenters. The van der Waals surface area contributed by atoms with Crippen LogP contribution in [-0.2, 0) is 4.79 Å². The van der Waals surface area contributed by atoms with Crippen LogP contribution in [0.3, 0.4) is 0 Å². The average Bonchev–Trinajstić information content (AvgIpc) is 2.31. The molecule has 0 saturated carbocycles. The molecule has 0 aromatic carbocycles. The summed E-state index contributed by atoms with van der Waals surface area (Å²) >= 11 is 0. The molecule has 0 aliphatic heterocycles. The van der Waals surface area contributed by atoms with Gasteiger partial charge in [-0.05, 0) is 37.2 Å². The molecule has 122 valence electrons. The van der Waals surface area contributed by atoms with Gasteiger partial charge < -0.3 is 10.2 Å². The number of hydrogen-bond acceptors (Lipinski definition) is 2. The third-order valence-corrected chi connectivity index (χ3v) is 4.62. The molecule has 0 aromatic heterocycles. The van der Waals surface area contributed by atoms with Gasteiger partial charge in [0.2, 0.25) is 0 Å². The van der Waals surface area contributed by atoms with E-state index < -0.39 is 17.0 Å². The van der Waals surface area contributed by atoms with Crippen molar-refractivity contribution in [3.8, 4) is 11.8 Å². The third-order valence-electron chi connectivity index (χ3n) is 4.62. The molecule has 0 spiro atoms. The zero-order valence-electron chi connectivity index (χ0n) is 14.7. The van der Waals surface area contributed by atoms with Crippen molar-refractivity contribution in [1.29, 1.82) is 0 Å². The minimum Gasteiger partial charge on any atom is -0.478 e. The lowest BCUT2D eigenvalue weighted by atomic mass is 9.58. The maximum atomic E-state index is 11.1. The van der Waals surface area contributed by atoms with Crippen molar-refractivity contribution in [2.45, 2.75) is 60.5 Å². The third kappa shape index (κ3) is 3.81. The molecule has 1 aliphatic rings. The van der Waals surface area contributed by atoms with E-state index in [1.807, 2.05) is 20.8 Å². The average molecular weight is 304 g/mol. The molecule has 3 nitrogen and oxygen atoms in total. The van der Waals surface area contributed by atoms with Gasteiger partial charge in [-0.15, -0.1) is 0 Å². The Balaban J connectivity index is 3.28. The first kappa shape index (κ1) is 18.5. The quantitative estimate of drug-likeness (QED) is 0.440. The highest BCUT2D eigenvalue weighted by Gasteiger charge is 2.49. The molecule has 0 bridgehead atoms. The van der Waals surface area contributed by atoms with E-state index in [-0.39, 0.29) is 5.41 Å². The van der Waals surface area contributed by atoms with Gasteiger partial charge in [-0.25, -0.2) is 4.79 Å². The standard InChI is InChI=1S/C19H28O3/c1-13(10-16(20)21)8-9-19(22)14(2)11-15(17(3,4)5)12-18(19,6)7/h10-11,15,22H,12H2,1-7H3,(H,20,21)/b13-10-/t15-,19+/m1/s1. The number of rotatable bonds is 1. The lowest BCUT2D eigenvalue weighted by Gasteiger charge is -2.48. The number of aliphatic carboxylic acids is 1. The van der Waals surface area contributed by atoms with Crippen LogP contribution in [0.4, 0.5) is 0 Å². The van der Waals surface area contributed by atoms with Crippen molar-refractivity contribution in [1.82, 2.24) is 0 Å². The SMILES string of the molecule is CC1=C[C@@H](C(C)(C)C)CC(C)(C)[C@]1(O)C#C/C(C)=C\C(=O)O. The van der Waals surface area contributed by atoms with Crippen molar-refractivity contribution < 1.29 is 15.0 Å². The number of carboxylic acids is 1. The molecular formula is C19H28O3. The predicted molar refractivity (Wildman–Crippen MR) is 89.2 cm³/mol. The number of hydrogen-bond donors (Lipinski definition) is 2. The zero-order chi connectivity index (χ0) is 17.3. The van der Waals surface area contributed by atoms with Crippen molar-refractivity contribution in [2.75, 3.05) is 0 Å². The minimum atomic E-state index is -1.23. The molecular weight excluding hydrogens is 276 g/mol. The molecule has 0 radical (unpaired) electrons. The van der Waals surface area contributed by atoms with Gasteiger partial charge >= 0.3 is 5.97 Å². The van der Waals surface area contributed by atoms with Crippen molar-refractivity contribution in [3.63, 3.8) is 0 Å². The number of carbonyl (C=O) groups is 1. The maximum absolute atomic E-state index is 11.1. The van der Waals surface area contributed by atoms with Crippen LogP contribution in [-0.4, -0.2) is 21.8 Å². The molecule has 0 aromatic rings. The van der Waals surface area contributed by atoms with E-state index in [0.29, 0.717) is 11.5 Å². The summed E-state index contributed by atoms with van der Waals surface area (Å²) in [4.78, 5) is 10.7. The van der Waals surface area contributed by atoms with E-state index in [4.69, 9.17) is 5.11 Å². The van der Waals surface area contributed by atoms with Crippen LogP contribution in [0.25, 0.3) is 0 Å². The number of allylic oxidation sites excluding steroid dienone is 2. The van der Waals surface area contributed by atoms with Crippen LogP contribution < -0.4 is 0 Å². The minimum absolute atomic E-state index is 0.131. The van der Waals surface area contributed by atoms with Gasteiger partial charge in [-0.3, -0.25) is 0 Å². The summed E-state index contributed by atoms with van der Waals surface area (Å²) in [5, 5.41) is 19.9. The largest absolute Gasteiger partial charge is 0.478 e. The molecule has 2 N–H and O–H groups in total. The van der Waals surface area contributed by atoms with E-state index in [1.165, 1.54) is 0 Å². The second-order valence-electron chi connectivity index (χ2n) is 8.04. The van der Waals surface area contributed by atoms with Gasteiger partial charge in [0.25, 0.3) is 0 Å². The topological polar surface area (TPSA) is 57.5 Å². The Morgan fingerprint density at radius 2 is 1.95 bits per heavy atom. The molecule has 3 heteroatoms. The second-order valence-corrected chi connectivity index (χ2v) is 8.04. The van der Waals surface area contributed by atoms with Crippen molar-refractivity contribution in [3.05, 3.63) is 23.3 Å². The molecule has 1 rings (SSSR count). The monoisotopic (exact) mass is 304 g/mol. The normalized spacial score (nSPS) is 28.5. The molecule has 22 heavy (non-hydrogen) atoms. The smallest absolute Gasteiger partial charge is 0.329 e.